The van der Waals surface area contributed by atoms with E-state index >= 15 is 0 Å². The molecule has 0 aliphatic carbocycles. The minimum Gasteiger partial charge on any atom is -0.478 e. The molecule has 0 atom stereocenters. The summed E-state index contributed by atoms with van der Waals surface area (Å²) in [5, 5.41) is 9.05. The van der Waals surface area contributed by atoms with E-state index in [2.05, 4.69) is 20.8 Å². The van der Waals surface area contributed by atoms with Crippen LogP contribution in [0.1, 0.15) is 55.1 Å². The highest BCUT2D eigenvalue weighted by Crippen LogP contribution is 2.24. The summed E-state index contributed by atoms with van der Waals surface area (Å²) in [6.07, 6.45) is 2.22. The first-order valence-corrected chi connectivity index (χ1v) is 7.39. The van der Waals surface area contributed by atoms with E-state index in [1.165, 1.54) is 0 Å². The van der Waals surface area contributed by atoms with E-state index < -0.39 is 5.97 Å². The molecular weight excluding hydrogens is 266 g/mol. The third kappa shape index (κ3) is 4.06. The number of benzene rings is 1. The molecule has 4 heteroatoms. The van der Waals surface area contributed by atoms with Crippen molar-refractivity contribution in [3.8, 4) is 0 Å². The highest BCUT2D eigenvalue weighted by Gasteiger charge is 2.23. The summed E-state index contributed by atoms with van der Waals surface area (Å²) in [4.78, 5) is 25.2. The van der Waals surface area contributed by atoms with Crippen LogP contribution >= 0.6 is 0 Å². The Morgan fingerprint density at radius 1 is 1.24 bits per heavy atom. The van der Waals surface area contributed by atoms with Crippen LogP contribution < -0.4 is 0 Å². The zero-order chi connectivity index (χ0) is 15.6. The molecule has 0 bridgehead atoms. The summed E-state index contributed by atoms with van der Waals surface area (Å²) in [6, 6.07) is 5.20. The first kappa shape index (κ1) is 15.5. The molecule has 0 radical (unpaired) electrons. The molecule has 1 aliphatic heterocycles. The first-order chi connectivity index (χ1) is 9.76. The fourth-order valence-corrected chi connectivity index (χ4v) is 2.54. The van der Waals surface area contributed by atoms with Gasteiger partial charge in [0.1, 0.15) is 0 Å². The lowest BCUT2D eigenvalue weighted by molar-refractivity contribution is -0.132. The second kappa shape index (κ2) is 5.88. The van der Waals surface area contributed by atoms with Crippen LogP contribution in [0.15, 0.2) is 18.2 Å². The Morgan fingerprint density at radius 2 is 1.95 bits per heavy atom. The van der Waals surface area contributed by atoms with E-state index in [0.717, 1.165) is 30.5 Å². The van der Waals surface area contributed by atoms with Crippen LogP contribution in [0, 0.1) is 5.41 Å². The first-order valence-electron chi connectivity index (χ1n) is 7.39. The predicted octanol–water partition coefficient (Wildman–Crippen LogP) is 3.10. The SMILES string of the molecule is CC(C)(C)CCC(=O)N1CCc2ccc(C(=O)O)cc2C1. The summed E-state index contributed by atoms with van der Waals surface area (Å²) < 4.78 is 0. The van der Waals surface area contributed by atoms with Crippen molar-refractivity contribution in [3.63, 3.8) is 0 Å². The van der Waals surface area contributed by atoms with Crippen LogP contribution in [0.25, 0.3) is 0 Å². The molecule has 4 nitrogen and oxygen atoms in total. The minimum atomic E-state index is -0.922. The van der Waals surface area contributed by atoms with Crippen LogP contribution in [0.2, 0.25) is 0 Å². The van der Waals surface area contributed by atoms with Gasteiger partial charge in [0.25, 0.3) is 0 Å². The maximum atomic E-state index is 12.3. The third-order valence-corrected chi connectivity index (χ3v) is 3.91. The maximum absolute atomic E-state index is 12.3. The molecule has 114 valence electrons. The van der Waals surface area contributed by atoms with Crippen LogP contribution in [0.4, 0.5) is 0 Å². The van der Waals surface area contributed by atoms with Crippen molar-refractivity contribution < 1.29 is 14.7 Å². The molecule has 1 aromatic rings. The van der Waals surface area contributed by atoms with E-state index in [1.807, 2.05) is 11.0 Å². The van der Waals surface area contributed by atoms with Crippen molar-refractivity contribution >= 4 is 11.9 Å². The molecule has 0 saturated carbocycles. The number of fused-ring (bicyclic) bond motifs is 1. The van der Waals surface area contributed by atoms with Gasteiger partial charge in [0, 0.05) is 19.5 Å². The number of carbonyl (C=O) groups excluding carboxylic acids is 1. The van der Waals surface area contributed by atoms with E-state index in [-0.39, 0.29) is 16.9 Å². The van der Waals surface area contributed by atoms with Gasteiger partial charge in [-0.25, -0.2) is 4.79 Å². The Balaban J connectivity index is 2.06. The Bertz CT molecular complexity index is 558. The van der Waals surface area contributed by atoms with Gasteiger partial charge in [0.15, 0.2) is 0 Å². The number of carboxylic acid groups (broad SMARTS) is 1. The molecule has 0 fully saturated rings. The number of hydrogen-bond acceptors (Lipinski definition) is 2. The lowest BCUT2D eigenvalue weighted by Crippen LogP contribution is -2.36. The highest BCUT2D eigenvalue weighted by molar-refractivity contribution is 5.88. The third-order valence-electron chi connectivity index (χ3n) is 3.91. The van der Waals surface area contributed by atoms with E-state index in [4.69, 9.17) is 5.11 Å². The van der Waals surface area contributed by atoms with Crippen molar-refractivity contribution in [2.75, 3.05) is 6.54 Å². The molecule has 0 aromatic heterocycles. The van der Waals surface area contributed by atoms with Crippen molar-refractivity contribution in [1.29, 1.82) is 0 Å². The lowest BCUT2D eigenvalue weighted by Gasteiger charge is -2.30. The quantitative estimate of drug-likeness (QED) is 0.930. The smallest absolute Gasteiger partial charge is 0.335 e. The lowest BCUT2D eigenvalue weighted by atomic mass is 9.90. The standard InChI is InChI=1S/C17H23NO3/c1-17(2,3)8-6-15(19)18-9-7-12-4-5-13(16(20)21)10-14(12)11-18/h4-5,10H,6-9,11H2,1-3H3,(H,20,21). The van der Waals surface area contributed by atoms with Gasteiger partial charge in [0.05, 0.1) is 5.56 Å². The van der Waals surface area contributed by atoms with Crippen LogP contribution in [-0.2, 0) is 17.8 Å². The summed E-state index contributed by atoms with van der Waals surface area (Å²) >= 11 is 0. The van der Waals surface area contributed by atoms with Crippen molar-refractivity contribution in [3.05, 3.63) is 34.9 Å². The summed E-state index contributed by atoms with van der Waals surface area (Å²) in [5.41, 5.74) is 2.56. The average molecular weight is 289 g/mol. The van der Waals surface area contributed by atoms with E-state index in [9.17, 15) is 9.59 Å². The van der Waals surface area contributed by atoms with Gasteiger partial charge >= 0.3 is 5.97 Å². The summed E-state index contributed by atoms with van der Waals surface area (Å²) in [7, 11) is 0. The Hall–Kier alpha value is -1.84. The molecule has 1 N–H and O–H groups in total. The van der Waals surface area contributed by atoms with E-state index in [1.54, 1.807) is 12.1 Å². The molecule has 1 heterocycles. The number of rotatable bonds is 3. The Kier molecular flexibility index (Phi) is 4.35. The topological polar surface area (TPSA) is 57.6 Å². The number of nitrogens with zero attached hydrogens (tertiary/aromatic N) is 1. The Morgan fingerprint density at radius 3 is 2.57 bits per heavy atom. The normalized spacial score (nSPS) is 14.7. The second-order valence-corrected chi connectivity index (χ2v) is 6.91. The van der Waals surface area contributed by atoms with Gasteiger partial charge in [-0.05, 0) is 41.5 Å². The van der Waals surface area contributed by atoms with E-state index in [0.29, 0.717) is 13.0 Å². The summed E-state index contributed by atoms with van der Waals surface area (Å²) in [5.74, 6) is -0.759. The second-order valence-electron chi connectivity index (χ2n) is 6.91. The van der Waals surface area contributed by atoms with Crippen LogP contribution in [-0.4, -0.2) is 28.4 Å². The number of aromatic carboxylic acids is 1. The summed E-state index contributed by atoms with van der Waals surface area (Å²) in [6.45, 7) is 7.64. The van der Waals surface area contributed by atoms with Crippen molar-refractivity contribution in [2.45, 2.75) is 46.6 Å². The fraction of sp³-hybridized carbons (Fsp3) is 0.529. The number of hydrogen-bond donors (Lipinski definition) is 1. The highest BCUT2D eigenvalue weighted by atomic mass is 16.4. The zero-order valence-corrected chi connectivity index (χ0v) is 13.0. The monoisotopic (exact) mass is 289 g/mol. The number of carbonyl (C=O) groups is 2. The van der Waals surface area contributed by atoms with Gasteiger partial charge in [-0.15, -0.1) is 0 Å². The van der Waals surface area contributed by atoms with Crippen LogP contribution in [0.5, 0.6) is 0 Å². The molecule has 1 aromatic carbocycles. The predicted molar refractivity (Wildman–Crippen MR) is 81.2 cm³/mol. The van der Waals surface area contributed by atoms with Gasteiger partial charge in [0.2, 0.25) is 5.91 Å². The van der Waals surface area contributed by atoms with Gasteiger partial charge in [-0.1, -0.05) is 26.8 Å². The maximum Gasteiger partial charge on any atom is 0.335 e. The fourth-order valence-electron chi connectivity index (χ4n) is 2.54. The molecule has 2 rings (SSSR count). The Labute approximate surface area is 125 Å². The molecule has 0 saturated heterocycles. The molecule has 0 unspecified atom stereocenters. The average Bonchev–Trinajstić information content (AvgIpc) is 2.42. The molecule has 1 amide bonds. The van der Waals surface area contributed by atoms with Gasteiger partial charge in [-0.3, -0.25) is 4.79 Å². The number of amides is 1. The van der Waals surface area contributed by atoms with Crippen molar-refractivity contribution in [2.24, 2.45) is 5.41 Å². The zero-order valence-electron chi connectivity index (χ0n) is 13.0. The van der Waals surface area contributed by atoms with Gasteiger partial charge in [-0.2, -0.15) is 0 Å². The molecule has 21 heavy (non-hydrogen) atoms. The van der Waals surface area contributed by atoms with Crippen molar-refractivity contribution in [1.82, 2.24) is 4.90 Å². The van der Waals surface area contributed by atoms with Crippen LogP contribution in [0.3, 0.4) is 0 Å². The number of carboxylic acids is 1. The molecule has 0 spiro atoms. The molecule has 1 aliphatic rings. The largest absolute Gasteiger partial charge is 0.478 e. The minimum absolute atomic E-state index is 0.153. The molecular formula is C17H23NO3. The van der Waals surface area contributed by atoms with Gasteiger partial charge < -0.3 is 10.0 Å².